The highest BCUT2D eigenvalue weighted by molar-refractivity contribution is 4.86. The molecule has 0 spiro atoms. The van der Waals surface area contributed by atoms with Crippen LogP contribution in [0.25, 0.3) is 0 Å². The zero-order valence-corrected chi connectivity index (χ0v) is 11.7. The van der Waals surface area contributed by atoms with Crippen molar-refractivity contribution >= 4 is 0 Å². The van der Waals surface area contributed by atoms with Crippen molar-refractivity contribution in [1.82, 2.24) is 15.1 Å². The Balaban J connectivity index is 1.73. The van der Waals surface area contributed by atoms with Gasteiger partial charge in [-0.25, -0.2) is 0 Å². The van der Waals surface area contributed by atoms with E-state index in [-0.39, 0.29) is 0 Å². The monoisotopic (exact) mass is 239 g/mol. The van der Waals surface area contributed by atoms with Gasteiger partial charge >= 0.3 is 0 Å². The van der Waals surface area contributed by atoms with E-state index >= 15 is 0 Å². The second-order valence-electron chi connectivity index (χ2n) is 6.21. The molecular formula is C14H29N3. The number of hydrogen-bond donors (Lipinski definition) is 1. The average Bonchev–Trinajstić information content (AvgIpc) is 2.33. The van der Waals surface area contributed by atoms with E-state index in [9.17, 15) is 0 Å². The fourth-order valence-electron chi connectivity index (χ4n) is 3.28. The predicted octanol–water partition coefficient (Wildman–Crippen LogP) is 1.40. The summed E-state index contributed by atoms with van der Waals surface area (Å²) in [5.74, 6) is 0. The van der Waals surface area contributed by atoms with Gasteiger partial charge in [0.25, 0.3) is 0 Å². The maximum absolute atomic E-state index is 3.56. The van der Waals surface area contributed by atoms with E-state index in [1.54, 1.807) is 0 Å². The Bertz CT molecular complexity index is 216. The normalized spacial score (nSPS) is 32.8. The molecule has 0 radical (unpaired) electrons. The van der Waals surface area contributed by atoms with Gasteiger partial charge in [-0.05, 0) is 37.8 Å². The minimum Gasteiger partial charge on any atom is -0.316 e. The van der Waals surface area contributed by atoms with Crippen molar-refractivity contribution in [2.75, 3.05) is 52.4 Å². The SMILES string of the molecule is CCCN1CCN(CC2(C)CCCNC2)CC1. The lowest BCUT2D eigenvalue weighted by Gasteiger charge is -2.42. The first-order valence-electron chi connectivity index (χ1n) is 7.37. The van der Waals surface area contributed by atoms with Gasteiger partial charge in [-0.15, -0.1) is 0 Å². The first kappa shape index (κ1) is 13.3. The van der Waals surface area contributed by atoms with Gasteiger partial charge in [0.05, 0.1) is 0 Å². The highest BCUT2D eigenvalue weighted by Gasteiger charge is 2.30. The molecule has 2 rings (SSSR count). The van der Waals surface area contributed by atoms with Gasteiger partial charge in [0, 0.05) is 39.3 Å². The van der Waals surface area contributed by atoms with Crippen LogP contribution in [0.15, 0.2) is 0 Å². The summed E-state index contributed by atoms with van der Waals surface area (Å²) in [5, 5.41) is 3.56. The second-order valence-corrected chi connectivity index (χ2v) is 6.21. The molecule has 17 heavy (non-hydrogen) atoms. The van der Waals surface area contributed by atoms with Crippen LogP contribution in [0.3, 0.4) is 0 Å². The number of rotatable bonds is 4. The van der Waals surface area contributed by atoms with Gasteiger partial charge in [-0.2, -0.15) is 0 Å². The Morgan fingerprint density at radius 3 is 2.41 bits per heavy atom. The van der Waals surface area contributed by atoms with E-state index < -0.39 is 0 Å². The number of nitrogens with one attached hydrogen (secondary N) is 1. The van der Waals surface area contributed by atoms with Crippen LogP contribution in [0.4, 0.5) is 0 Å². The van der Waals surface area contributed by atoms with E-state index in [0.29, 0.717) is 5.41 Å². The summed E-state index contributed by atoms with van der Waals surface area (Å²) in [6.45, 7) is 14.8. The van der Waals surface area contributed by atoms with Crippen LogP contribution in [0.5, 0.6) is 0 Å². The summed E-state index contributed by atoms with van der Waals surface area (Å²) in [6.07, 6.45) is 4.04. The summed E-state index contributed by atoms with van der Waals surface area (Å²) in [7, 11) is 0. The second kappa shape index (κ2) is 6.17. The molecule has 2 aliphatic heterocycles. The molecule has 0 aliphatic carbocycles. The standard InChI is InChI=1S/C14H29N3/c1-3-7-16-8-10-17(11-9-16)13-14(2)5-4-6-15-12-14/h15H,3-13H2,1-2H3. The van der Waals surface area contributed by atoms with Crippen molar-refractivity contribution in [3.8, 4) is 0 Å². The summed E-state index contributed by atoms with van der Waals surface area (Å²) < 4.78 is 0. The minimum atomic E-state index is 0.519. The molecule has 1 N–H and O–H groups in total. The molecule has 2 aliphatic rings. The zero-order chi connectivity index (χ0) is 12.1. The third-order valence-electron chi connectivity index (χ3n) is 4.30. The lowest BCUT2D eigenvalue weighted by Crippen LogP contribution is -2.52. The predicted molar refractivity (Wildman–Crippen MR) is 73.4 cm³/mol. The van der Waals surface area contributed by atoms with Crippen LogP contribution < -0.4 is 5.32 Å². The fourth-order valence-corrected chi connectivity index (χ4v) is 3.28. The van der Waals surface area contributed by atoms with Gasteiger partial charge in [0.15, 0.2) is 0 Å². The smallest absolute Gasteiger partial charge is 0.0110 e. The third kappa shape index (κ3) is 3.94. The number of piperazine rings is 1. The Morgan fingerprint density at radius 2 is 1.82 bits per heavy atom. The van der Waals surface area contributed by atoms with Gasteiger partial charge in [0.2, 0.25) is 0 Å². The van der Waals surface area contributed by atoms with Crippen molar-refractivity contribution in [3.63, 3.8) is 0 Å². The lowest BCUT2D eigenvalue weighted by molar-refractivity contribution is 0.0787. The Labute approximate surface area is 107 Å². The van der Waals surface area contributed by atoms with Crippen LogP contribution in [0.1, 0.15) is 33.1 Å². The topological polar surface area (TPSA) is 18.5 Å². The van der Waals surface area contributed by atoms with Gasteiger partial charge in [-0.1, -0.05) is 13.8 Å². The number of nitrogens with zero attached hydrogens (tertiary/aromatic N) is 2. The Hall–Kier alpha value is -0.120. The molecular weight excluding hydrogens is 210 g/mol. The number of piperidine rings is 1. The molecule has 1 unspecified atom stereocenters. The molecule has 0 aromatic carbocycles. The van der Waals surface area contributed by atoms with Crippen molar-refractivity contribution in [3.05, 3.63) is 0 Å². The van der Waals surface area contributed by atoms with Crippen LogP contribution >= 0.6 is 0 Å². The van der Waals surface area contributed by atoms with E-state index in [4.69, 9.17) is 0 Å². The molecule has 2 fully saturated rings. The Kier molecular flexibility index (Phi) is 4.83. The molecule has 0 saturated carbocycles. The molecule has 0 bridgehead atoms. The highest BCUT2D eigenvalue weighted by atomic mass is 15.3. The van der Waals surface area contributed by atoms with Gasteiger partial charge in [-0.3, -0.25) is 0 Å². The van der Waals surface area contributed by atoms with Crippen molar-refractivity contribution < 1.29 is 0 Å². The van der Waals surface area contributed by atoms with E-state index in [2.05, 4.69) is 29.0 Å². The lowest BCUT2D eigenvalue weighted by atomic mass is 9.82. The molecule has 1 atom stereocenters. The summed E-state index contributed by atoms with van der Waals surface area (Å²) in [6, 6.07) is 0. The summed E-state index contributed by atoms with van der Waals surface area (Å²) >= 11 is 0. The molecule has 2 heterocycles. The molecule has 100 valence electrons. The van der Waals surface area contributed by atoms with Gasteiger partial charge in [0.1, 0.15) is 0 Å². The molecule has 2 saturated heterocycles. The molecule has 0 aromatic heterocycles. The van der Waals surface area contributed by atoms with E-state index in [1.165, 1.54) is 71.6 Å². The highest BCUT2D eigenvalue weighted by Crippen LogP contribution is 2.26. The average molecular weight is 239 g/mol. The Morgan fingerprint density at radius 1 is 1.12 bits per heavy atom. The van der Waals surface area contributed by atoms with Crippen LogP contribution in [-0.4, -0.2) is 62.2 Å². The number of hydrogen-bond acceptors (Lipinski definition) is 3. The van der Waals surface area contributed by atoms with Crippen LogP contribution in [0.2, 0.25) is 0 Å². The fraction of sp³-hybridized carbons (Fsp3) is 1.00. The first-order chi connectivity index (χ1) is 8.22. The molecule has 3 heteroatoms. The minimum absolute atomic E-state index is 0.519. The van der Waals surface area contributed by atoms with Gasteiger partial charge < -0.3 is 15.1 Å². The third-order valence-corrected chi connectivity index (χ3v) is 4.30. The van der Waals surface area contributed by atoms with Crippen molar-refractivity contribution in [1.29, 1.82) is 0 Å². The summed E-state index contributed by atoms with van der Waals surface area (Å²) in [4.78, 5) is 5.29. The van der Waals surface area contributed by atoms with E-state index in [1.807, 2.05) is 0 Å². The quantitative estimate of drug-likeness (QED) is 0.800. The molecule has 0 amide bonds. The van der Waals surface area contributed by atoms with Crippen LogP contribution in [0, 0.1) is 5.41 Å². The van der Waals surface area contributed by atoms with Crippen LogP contribution in [-0.2, 0) is 0 Å². The largest absolute Gasteiger partial charge is 0.316 e. The maximum atomic E-state index is 3.56. The zero-order valence-electron chi connectivity index (χ0n) is 11.7. The van der Waals surface area contributed by atoms with E-state index in [0.717, 1.165) is 0 Å². The molecule has 3 nitrogen and oxygen atoms in total. The van der Waals surface area contributed by atoms with Crippen molar-refractivity contribution in [2.24, 2.45) is 5.41 Å². The summed E-state index contributed by atoms with van der Waals surface area (Å²) in [5.41, 5.74) is 0.519. The molecule has 0 aromatic rings. The first-order valence-corrected chi connectivity index (χ1v) is 7.37. The van der Waals surface area contributed by atoms with Crippen molar-refractivity contribution in [2.45, 2.75) is 33.1 Å². The maximum Gasteiger partial charge on any atom is 0.0110 e.